The number of carbonyl (C=O) groups is 3. The average molecular weight is 588 g/mol. The van der Waals surface area contributed by atoms with Gasteiger partial charge in [0.2, 0.25) is 0 Å². The average Bonchev–Trinajstić information content (AvgIpc) is 3.01. The van der Waals surface area contributed by atoms with Crippen LogP contribution >= 0.6 is 11.6 Å². The maximum Gasteiger partial charge on any atom is 0.417 e. The number of ether oxygens (including phenoxy) is 4. The number of alkyl carbamates (subject to hydrolysis) is 2. The van der Waals surface area contributed by atoms with E-state index in [1.165, 1.54) is 0 Å². The second kappa shape index (κ2) is 14.0. The normalized spacial score (nSPS) is 16.9. The van der Waals surface area contributed by atoms with Crippen LogP contribution in [0, 0.1) is 0 Å². The number of hydrogen-bond acceptors (Lipinski definition) is 8. The molecule has 2 aromatic carbocycles. The Labute approximate surface area is 245 Å². The van der Waals surface area contributed by atoms with E-state index in [2.05, 4.69) is 5.32 Å². The molecule has 1 atom stereocenters. The van der Waals surface area contributed by atoms with Crippen LogP contribution < -0.4 is 15.1 Å². The molecular formula is C30H38ClN3O7. The van der Waals surface area contributed by atoms with Crippen LogP contribution in [-0.2, 0) is 18.9 Å². The summed E-state index contributed by atoms with van der Waals surface area (Å²) < 4.78 is 21.8. The lowest BCUT2D eigenvalue weighted by Gasteiger charge is -2.28. The minimum atomic E-state index is -0.888. The highest BCUT2D eigenvalue weighted by Crippen LogP contribution is 2.41. The van der Waals surface area contributed by atoms with Gasteiger partial charge in [-0.2, -0.15) is 0 Å². The first-order valence-corrected chi connectivity index (χ1v) is 14.4. The Morgan fingerprint density at radius 3 is 2.39 bits per heavy atom. The van der Waals surface area contributed by atoms with Gasteiger partial charge in [-0.05, 0) is 83.2 Å². The number of carbonyl (C=O) groups excluding carboxylic acids is 3. The molecule has 0 aromatic heterocycles. The summed E-state index contributed by atoms with van der Waals surface area (Å²) in [6.45, 7) is 7.24. The van der Waals surface area contributed by atoms with E-state index in [0.717, 1.165) is 37.2 Å². The fourth-order valence-electron chi connectivity index (χ4n) is 4.77. The van der Waals surface area contributed by atoms with Crippen molar-refractivity contribution in [1.29, 1.82) is 0 Å². The molecule has 2 aliphatic rings. The number of amides is 3. The van der Waals surface area contributed by atoms with Crippen molar-refractivity contribution in [2.24, 2.45) is 0 Å². The van der Waals surface area contributed by atoms with Crippen LogP contribution in [0.5, 0.6) is 0 Å². The Balaban J connectivity index is 1.44. The van der Waals surface area contributed by atoms with Crippen LogP contribution in [0.15, 0.2) is 42.5 Å². The molecule has 3 amide bonds. The van der Waals surface area contributed by atoms with Gasteiger partial charge in [-0.25, -0.2) is 14.9 Å². The number of hydrogen-bond donors (Lipinski definition) is 1. The largest absolute Gasteiger partial charge is 0.449 e. The van der Waals surface area contributed by atoms with E-state index < -0.39 is 17.8 Å². The Morgan fingerprint density at radius 2 is 1.68 bits per heavy atom. The van der Waals surface area contributed by atoms with E-state index in [9.17, 15) is 14.4 Å². The van der Waals surface area contributed by atoms with E-state index in [1.807, 2.05) is 29.2 Å². The van der Waals surface area contributed by atoms with Gasteiger partial charge in [0.1, 0.15) is 5.60 Å². The molecule has 1 N–H and O–H groups in total. The zero-order chi connectivity index (χ0) is 29.4. The van der Waals surface area contributed by atoms with Gasteiger partial charge >= 0.3 is 12.2 Å². The van der Waals surface area contributed by atoms with Gasteiger partial charge in [0, 0.05) is 24.7 Å². The highest BCUT2D eigenvalue weighted by atomic mass is 35.5. The fourth-order valence-corrected chi connectivity index (χ4v) is 4.93. The Bertz CT molecular complexity index is 1230. The van der Waals surface area contributed by atoms with Gasteiger partial charge in [-0.3, -0.25) is 4.79 Å². The van der Waals surface area contributed by atoms with Crippen molar-refractivity contribution in [2.75, 3.05) is 42.7 Å². The predicted octanol–water partition coefficient (Wildman–Crippen LogP) is 6.42. The van der Waals surface area contributed by atoms with Crippen LogP contribution in [0.1, 0.15) is 63.2 Å². The molecule has 2 heterocycles. The maximum atomic E-state index is 13.8. The molecule has 4 rings (SSSR count). The summed E-state index contributed by atoms with van der Waals surface area (Å²) in [5, 5.41) is 2.56. The first-order valence-electron chi connectivity index (χ1n) is 14.0. The molecule has 1 unspecified atom stereocenters. The van der Waals surface area contributed by atoms with Crippen LogP contribution in [0.4, 0.5) is 26.7 Å². The van der Waals surface area contributed by atoms with Gasteiger partial charge in [-0.15, -0.1) is 0 Å². The summed E-state index contributed by atoms with van der Waals surface area (Å²) in [5.74, 6) is -0.131. The molecule has 1 saturated heterocycles. The summed E-state index contributed by atoms with van der Waals surface area (Å²) in [6, 6.07) is 12.9. The molecule has 2 aliphatic heterocycles. The standard InChI is InChI=1S/C30H38ClN3O7/c1-30(2,3)41-29(37)32-28(36)40-19-8-15-33-23-10-4-5-11-24(23)34(16-9-18-39-26-12-6-7-17-38-26)27(35)22-14-13-21(31)20-25(22)33/h4-5,10-11,13-14,20,26H,6-9,12,15-19H2,1-3H3,(H,32,36,37). The van der Waals surface area contributed by atoms with Gasteiger partial charge in [0.25, 0.3) is 5.91 Å². The zero-order valence-corrected chi connectivity index (χ0v) is 24.6. The highest BCUT2D eigenvalue weighted by molar-refractivity contribution is 6.31. The number of halogens is 1. The lowest BCUT2D eigenvalue weighted by molar-refractivity contribution is -0.162. The third-order valence-electron chi connectivity index (χ3n) is 6.52. The van der Waals surface area contributed by atoms with Crippen molar-refractivity contribution in [2.45, 2.75) is 64.8 Å². The summed E-state index contributed by atoms with van der Waals surface area (Å²) in [5.41, 5.74) is 2.05. The molecule has 10 nitrogen and oxygen atoms in total. The Kier molecular flexibility index (Phi) is 10.5. The molecule has 0 spiro atoms. The molecule has 0 radical (unpaired) electrons. The zero-order valence-electron chi connectivity index (χ0n) is 23.8. The van der Waals surface area contributed by atoms with E-state index in [1.54, 1.807) is 43.9 Å². The quantitative estimate of drug-likeness (QED) is 0.335. The summed E-state index contributed by atoms with van der Waals surface area (Å²) >= 11 is 6.38. The first kappa shape index (κ1) is 30.6. The van der Waals surface area contributed by atoms with Gasteiger partial charge in [0.05, 0.1) is 35.8 Å². The van der Waals surface area contributed by atoms with Gasteiger partial charge in [-0.1, -0.05) is 23.7 Å². The molecule has 0 aliphatic carbocycles. The number of nitrogens with one attached hydrogen (secondary N) is 1. The minimum Gasteiger partial charge on any atom is -0.449 e. The van der Waals surface area contributed by atoms with Crippen LogP contribution in [0.2, 0.25) is 5.02 Å². The molecule has 0 bridgehead atoms. The SMILES string of the molecule is CC(C)(C)OC(=O)NC(=O)OCCCN1c2cc(Cl)ccc2C(=O)N(CCCOC2CCCCO2)c2ccccc21. The lowest BCUT2D eigenvalue weighted by Crippen LogP contribution is -2.36. The molecular weight excluding hydrogens is 550 g/mol. The van der Waals surface area contributed by atoms with Crippen molar-refractivity contribution < 1.29 is 33.3 Å². The second-order valence-electron chi connectivity index (χ2n) is 10.9. The molecule has 41 heavy (non-hydrogen) atoms. The Hall–Kier alpha value is -3.34. The third-order valence-corrected chi connectivity index (χ3v) is 6.75. The summed E-state index contributed by atoms with van der Waals surface area (Å²) in [6.07, 6.45) is 2.17. The van der Waals surface area contributed by atoms with E-state index in [-0.39, 0.29) is 18.8 Å². The maximum absolute atomic E-state index is 13.8. The number of imide groups is 1. The van der Waals surface area contributed by atoms with Crippen molar-refractivity contribution in [3.8, 4) is 0 Å². The van der Waals surface area contributed by atoms with Crippen molar-refractivity contribution in [1.82, 2.24) is 5.32 Å². The number of para-hydroxylation sites is 2. The number of benzene rings is 2. The van der Waals surface area contributed by atoms with Gasteiger partial charge in [0.15, 0.2) is 6.29 Å². The minimum absolute atomic E-state index is 0.0431. The first-order chi connectivity index (χ1) is 19.6. The number of nitrogens with zero attached hydrogens (tertiary/aromatic N) is 2. The number of rotatable bonds is 9. The Morgan fingerprint density at radius 1 is 0.976 bits per heavy atom. The summed E-state index contributed by atoms with van der Waals surface area (Å²) in [4.78, 5) is 41.5. The molecule has 1 fully saturated rings. The molecule has 11 heteroatoms. The number of fused-ring (bicyclic) bond motifs is 2. The van der Waals surface area contributed by atoms with E-state index in [4.69, 9.17) is 30.5 Å². The summed E-state index contributed by atoms with van der Waals surface area (Å²) in [7, 11) is 0. The van der Waals surface area contributed by atoms with Crippen molar-refractivity contribution >= 4 is 46.8 Å². The molecule has 0 saturated carbocycles. The molecule has 222 valence electrons. The molecule has 2 aromatic rings. The topological polar surface area (TPSA) is 107 Å². The van der Waals surface area contributed by atoms with Crippen molar-refractivity contribution in [3.05, 3.63) is 53.1 Å². The monoisotopic (exact) mass is 587 g/mol. The smallest absolute Gasteiger partial charge is 0.417 e. The highest BCUT2D eigenvalue weighted by Gasteiger charge is 2.31. The lowest BCUT2D eigenvalue weighted by atomic mass is 10.1. The number of anilines is 3. The van der Waals surface area contributed by atoms with Crippen LogP contribution in [0.25, 0.3) is 0 Å². The predicted molar refractivity (Wildman–Crippen MR) is 156 cm³/mol. The van der Waals surface area contributed by atoms with E-state index >= 15 is 0 Å². The fraction of sp³-hybridized carbons (Fsp3) is 0.500. The van der Waals surface area contributed by atoms with Crippen LogP contribution in [0.3, 0.4) is 0 Å². The van der Waals surface area contributed by atoms with Crippen LogP contribution in [-0.4, -0.2) is 62.9 Å². The second-order valence-corrected chi connectivity index (χ2v) is 11.3. The van der Waals surface area contributed by atoms with Gasteiger partial charge < -0.3 is 28.7 Å². The van der Waals surface area contributed by atoms with Crippen molar-refractivity contribution in [3.63, 3.8) is 0 Å². The van der Waals surface area contributed by atoms with E-state index in [0.29, 0.717) is 48.8 Å². The third kappa shape index (κ3) is 8.58.